The van der Waals surface area contributed by atoms with E-state index < -0.39 is 0 Å². The van der Waals surface area contributed by atoms with Crippen LogP contribution in [-0.2, 0) is 11.2 Å². The number of aliphatic imine (C=N–C) groups is 1. The largest absolute Gasteiger partial charge is 0.495 e. The molecule has 0 atom stereocenters. The molecular weight excluding hydrogens is 431 g/mol. The topological polar surface area (TPSA) is 80.0 Å². The summed E-state index contributed by atoms with van der Waals surface area (Å²) in [5, 5.41) is 2.96. The monoisotopic (exact) mass is 452 g/mol. The van der Waals surface area contributed by atoms with Crippen molar-refractivity contribution >= 4 is 47.2 Å². The number of fused-ring (bicyclic) bond motifs is 1. The van der Waals surface area contributed by atoms with Gasteiger partial charge in [-0.2, -0.15) is 0 Å². The summed E-state index contributed by atoms with van der Waals surface area (Å²) < 4.78 is 5.24. The Kier molecular flexibility index (Phi) is 6.63. The molecule has 3 rings (SSSR count). The number of nitrogens with one attached hydrogen (secondary N) is 1. The number of hydrogen-bond donors (Lipinski definition) is 2. The quantitative estimate of drug-likeness (QED) is 0.425. The molecule has 1 aliphatic heterocycles. The van der Waals surface area contributed by atoms with Crippen LogP contribution in [0.2, 0.25) is 0 Å². The highest BCUT2D eigenvalue weighted by Crippen LogP contribution is 2.27. The van der Waals surface area contributed by atoms with Gasteiger partial charge in [-0.25, -0.2) is 4.99 Å². The lowest BCUT2D eigenvalue weighted by molar-refractivity contribution is -0.117. The van der Waals surface area contributed by atoms with Crippen LogP contribution in [-0.4, -0.2) is 32.1 Å². The number of guanidine groups is 1. The van der Waals surface area contributed by atoms with Crippen molar-refractivity contribution in [2.24, 2.45) is 10.7 Å². The Bertz CT molecular complexity index is 779. The van der Waals surface area contributed by atoms with Crippen LogP contribution >= 0.6 is 24.0 Å². The van der Waals surface area contributed by atoms with E-state index in [9.17, 15) is 4.79 Å². The molecule has 1 aliphatic rings. The number of hydrogen-bond acceptors (Lipinski definition) is 3. The minimum absolute atomic E-state index is 0. The highest BCUT2D eigenvalue weighted by molar-refractivity contribution is 14.0. The first kappa shape index (κ1) is 19.0. The number of carbonyl (C=O) groups is 1. The molecule has 0 fully saturated rings. The molecule has 132 valence electrons. The molecule has 0 saturated heterocycles. The third kappa shape index (κ3) is 4.41. The summed E-state index contributed by atoms with van der Waals surface area (Å²) in [7, 11) is 1.59. The Balaban J connectivity index is 0.00000225. The molecule has 0 spiro atoms. The molecular formula is C18H21IN4O2. The second kappa shape index (κ2) is 8.70. The third-order valence-electron chi connectivity index (χ3n) is 3.94. The highest BCUT2D eigenvalue weighted by Gasteiger charge is 2.23. The fourth-order valence-corrected chi connectivity index (χ4v) is 2.76. The molecule has 0 radical (unpaired) electrons. The van der Waals surface area contributed by atoms with E-state index in [1.807, 2.05) is 48.5 Å². The van der Waals surface area contributed by atoms with Gasteiger partial charge in [-0.15, -0.1) is 24.0 Å². The second-order valence-electron chi connectivity index (χ2n) is 5.45. The van der Waals surface area contributed by atoms with Gasteiger partial charge in [0.1, 0.15) is 12.3 Å². The Labute approximate surface area is 164 Å². The summed E-state index contributed by atoms with van der Waals surface area (Å²) in [5.74, 6) is 0.778. The zero-order valence-corrected chi connectivity index (χ0v) is 16.3. The summed E-state index contributed by atoms with van der Waals surface area (Å²) in [6.45, 7) is 0.690. The van der Waals surface area contributed by atoms with E-state index in [1.165, 1.54) is 5.56 Å². The van der Waals surface area contributed by atoms with Crippen LogP contribution in [0.25, 0.3) is 0 Å². The Morgan fingerprint density at radius 2 is 1.96 bits per heavy atom. The zero-order chi connectivity index (χ0) is 16.9. The van der Waals surface area contributed by atoms with E-state index in [0.717, 1.165) is 12.1 Å². The molecule has 3 N–H and O–H groups in total. The van der Waals surface area contributed by atoms with Crippen molar-refractivity contribution in [3.63, 3.8) is 0 Å². The van der Waals surface area contributed by atoms with Crippen molar-refractivity contribution in [3.05, 3.63) is 54.1 Å². The number of carbonyl (C=O) groups excluding carboxylic acids is 1. The van der Waals surface area contributed by atoms with Gasteiger partial charge in [-0.05, 0) is 30.2 Å². The van der Waals surface area contributed by atoms with Crippen molar-refractivity contribution in [3.8, 4) is 5.75 Å². The molecule has 0 bridgehead atoms. The number of nitrogens with zero attached hydrogens (tertiary/aromatic N) is 2. The van der Waals surface area contributed by atoms with Gasteiger partial charge in [0.2, 0.25) is 5.91 Å². The fraction of sp³-hybridized carbons (Fsp3) is 0.222. The van der Waals surface area contributed by atoms with Crippen LogP contribution in [0, 0.1) is 0 Å². The standard InChI is InChI=1S/C18H20N4O2.HI/c1-24-16-9-5-3-7-14(16)21-18(19)20-12-17(23)22-11-10-13-6-2-4-8-15(13)22;/h2-9H,10-12H2,1H3,(H3,19,20,21);1H. The summed E-state index contributed by atoms with van der Waals surface area (Å²) in [5.41, 5.74) is 8.75. The average molecular weight is 452 g/mol. The Morgan fingerprint density at radius 1 is 1.24 bits per heavy atom. The van der Waals surface area contributed by atoms with E-state index in [2.05, 4.69) is 10.3 Å². The minimum Gasteiger partial charge on any atom is -0.495 e. The number of amides is 1. The molecule has 1 heterocycles. The van der Waals surface area contributed by atoms with Crippen molar-refractivity contribution in [2.75, 3.05) is 30.4 Å². The number of rotatable bonds is 4. The molecule has 7 heteroatoms. The van der Waals surface area contributed by atoms with Crippen LogP contribution < -0.4 is 20.7 Å². The maximum absolute atomic E-state index is 12.4. The van der Waals surface area contributed by atoms with Crippen LogP contribution in [0.5, 0.6) is 5.75 Å². The normalized spacial score (nSPS) is 13.0. The number of benzene rings is 2. The molecule has 0 aliphatic carbocycles. The lowest BCUT2D eigenvalue weighted by Crippen LogP contribution is -2.32. The third-order valence-corrected chi connectivity index (χ3v) is 3.94. The maximum Gasteiger partial charge on any atom is 0.248 e. The molecule has 2 aromatic rings. The smallest absolute Gasteiger partial charge is 0.248 e. The van der Waals surface area contributed by atoms with E-state index in [0.29, 0.717) is 18.0 Å². The van der Waals surface area contributed by atoms with E-state index in [4.69, 9.17) is 10.5 Å². The number of anilines is 2. The Hall–Kier alpha value is -2.29. The minimum atomic E-state index is -0.0651. The summed E-state index contributed by atoms with van der Waals surface area (Å²) >= 11 is 0. The molecule has 0 saturated carbocycles. The molecule has 25 heavy (non-hydrogen) atoms. The maximum atomic E-state index is 12.4. The summed E-state index contributed by atoms with van der Waals surface area (Å²) in [6, 6.07) is 15.3. The van der Waals surface area contributed by atoms with Gasteiger partial charge < -0.3 is 20.7 Å². The number of halogens is 1. The van der Waals surface area contributed by atoms with Gasteiger partial charge in [-0.1, -0.05) is 30.3 Å². The van der Waals surface area contributed by atoms with Gasteiger partial charge in [0, 0.05) is 12.2 Å². The second-order valence-corrected chi connectivity index (χ2v) is 5.45. The van der Waals surface area contributed by atoms with Crippen molar-refractivity contribution in [1.82, 2.24) is 0 Å². The summed E-state index contributed by atoms with van der Waals surface area (Å²) in [4.78, 5) is 18.3. The van der Waals surface area contributed by atoms with Crippen molar-refractivity contribution < 1.29 is 9.53 Å². The predicted octanol–water partition coefficient (Wildman–Crippen LogP) is 2.63. The molecule has 1 amide bonds. The van der Waals surface area contributed by atoms with E-state index in [-0.39, 0.29) is 42.4 Å². The fourth-order valence-electron chi connectivity index (χ4n) is 2.76. The number of para-hydroxylation sites is 3. The SMILES string of the molecule is COc1ccccc1NC(N)=NCC(=O)N1CCc2ccccc21.I. The zero-order valence-electron chi connectivity index (χ0n) is 13.9. The number of ether oxygens (including phenoxy) is 1. The summed E-state index contributed by atoms with van der Waals surface area (Å²) in [6.07, 6.45) is 0.876. The Morgan fingerprint density at radius 3 is 2.76 bits per heavy atom. The van der Waals surface area contributed by atoms with Crippen LogP contribution in [0.4, 0.5) is 11.4 Å². The molecule has 0 unspecified atom stereocenters. The predicted molar refractivity (Wildman–Crippen MR) is 111 cm³/mol. The first-order valence-corrected chi connectivity index (χ1v) is 7.77. The average Bonchev–Trinajstić information content (AvgIpc) is 3.04. The number of nitrogens with two attached hydrogens (primary N) is 1. The lowest BCUT2D eigenvalue weighted by atomic mass is 10.2. The van der Waals surface area contributed by atoms with Crippen molar-refractivity contribution in [2.45, 2.75) is 6.42 Å². The molecule has 0 aromatic heterocycles. The lowest BCUT2D eigenvalue weighted by Gasteiger charge is -2.16. The van der Waals surface area contributed by atoms with Crippen molar-refractivity contribution in [1.29, 1.82) is 0 Å². The molecule has 2 aromatic carbocycles. The van der Waals surface area contributed by atoms with Gasteiger partial charge in [-0.3, -0.25) is 4.79 Å². The van der Waals surface area contributed by atoms with E-state index in [1.54, 1.807) is 12.0 Å². The first-order valence-electron chi connectivity index (χ1n) is 7.77. The van der Waals surface area contributed by atoms with Crippen LogP contribution in [0.1, 0.15) is 5.56 Å². The molecule has 6 nitrogen and oxygen atoms in total. The van der Waals surface area contributed by atoms with Gasteiger partial charge in [0.15, 0.2) is 5.96 Å². The van der Waals surface area contributed by atoms with Gasteiger partial charge >= 0.3 is 0 Å². The van der Waals surface area contributed by atoms with Crippen LogP contribution in [0.3, 0.4) is 0 Å². The van der Waals surface area contributed by atoms with E-state index >= 15 is 0 Å². The van der Waals surface area contributed by atoms with Gasteiger partial charge in [0.25, 0.3) is 0 Å². The first-order chi connectivity index (χ1) is 11.7. The van der Waals surface area contributed by atoms with Crippen LogP contribution in [0.15, 0.2) is 53.5 Å². The van der Waals surface area contributed by atoms with Gasteiger partial charge in [0.05, 0.1) is 12.8 Å². The number of methoxy groups -OCH3 is 1. The highest BCUT2D eigenvalue weighted by atomic mass is 127.